The molecule has 19 heavy (non-hydrogen) atoms. The third-order valence-electron chi connectivity index (χ3n) is 3.43. The maximum absolute atomic E-state index is 12.4. The molecule has 0 amide bonds. The summed E-state index contributed by atoms with van der Waals surface area (Å²) < 4.78 is 1.05. The number of hydrogen-bond acceptors (Lipinski definition) is 1. The molecule has 3 rings (SSSR count). The Kier molecular flexibility index (Phi) is 3.34. The van der Waals surface area contributed by atoms with Gasteiger partial charge in [-0.15, -0.1) is 0 Å². The van der Waals surface area contributed by atoms with Gasteiger partial charge in [-0.25, -0.2) is 0 Å². The Bertz CT molecular complexity index is 653. The molecule has 0 aliphatic heterocycles. The number of carbonyl (C=O) groups is 1. The van der Waals surface area contributed by atoms with Crippen molar-refractivity contribution in [2.24, 2.45) is 0 Å². The summed E-state index contributed by atoms with van der Waals surface area (Å²) in [6.07, 6.45) is 3.78. The summed E-state index contributed by atoms with van der Waals surface area (Å²) in [5.74, 6) is 0.171. The maximum atomic E-state index is 12.4. The zero-order valence-electron chi connectivity index (χ0n) is 10.4. The van der Waals surface area contributed by atoms with Gasteiger partial charge < -0.3 is 0 Å². The Morgan fingerprint density at radius 3 is 2.47 bits per heavy atom. The highest BCUT2D eigenvalue weighted by Gasteiger charge is 2.20. The highest BCUT2D eigenvalue weighted by Crippen LogP contribution is 2.26. The Morgan fingerprint density at radius 1 is 0.947 bits per heavy atom. The topological polar surface area (TPSA) is 17.1 Å². The monoisotopic (exact) mass is 312 g/mol. The van der Waals surface area contributed by atoms with Crippen LogP contribution in [0.15, 0.2) is 58.6 Å². The predicted molar refractivity (Wildman–Crippen MR) is 81.2 cm³/mol. The highest BCUT2D eigenvalue weighted by atomic mass is 79.9. The van der Waals surface area contributed by atoms with Gasteiger partial charge in [0.2, 0.25) is 0 Å². The van der Waals surface area contributed by atoms with Gasteiger partial charge in [0.25, 0.3) is 0 Å². The minimum Gasteiger partial charge on any atom is -0.289 e. The minimum absolute atomic E-state index is 0.171. The second-order valence-corrected chi connectivity index (χ2v) is 5.62. The van der Waals surface area contributed by atoms with Gasteiger partial charge in [-0.3, -0.25) is 4.79 Å². The van der Waals surface area contributed by atoms with Crippen LogP contribution in [0.5, 0.6) is 0 Å². The lowest BCUT2D eigenvalue weighted by Crippen LogP contribution is -2.13. The molecule has 0 fully saturated rings. The molecule has 0 spiro atoms. The molecule has 94 valence electrons. The summed E-state index contributed by atoms with van der Waals surface area (Å²) in [6.45, 7) is 0. The van der Waals surface area contributed by atoms with Gasteiger partial charge in [-0.05, 0) is 42.2 Å². The molecule has 0 saturated carbocycles. The van der Waals surface area contributed by atoms with Gasteiger partial charge in [0.15, 0.2) is 5.78 Å². The lowest BCUT2D eigenvalue weighted by atomic mass is 9.86. The largest absolute Gasteiger partial charge is 0.289 e. The SMILES string of the molecule is O=C1/C(=C\c2ccc(Br)cc2)CCc2ccccc21. The number of allylic oxidation sites excluding steroid dienone is 1. The van der Waals surface area contributed by atoms with Gasteiger partial charge in [-0.1, -0.05) is 52.3 Å². The van der Waals surface area contributed by atoms with Crippen LogP contribution in [0.25, 0.3) is 6.08 Å². The van der Waals surface area contributed by atoms with Crippen molar-refractivity contribution in [3.8, 4) is 0 Å². The number of halogens is 1. The van der Waals surface area contributed by atoms with E-state index < -0.39 is 0 Å². The first-order valence-corrected chi connectivity index (χ1v) is 7.12. The third kappa shape index (κ3) is 2.54. The van der Waals surface area contributed by atoms with Crippen molar-refractivity contribution in [1.82, 2.24) is 0 Å². The standard InChI is InChI=1S/C17H13BrO/c18-15-9-5-12(6-10-15)11-14-8-7-13-3-1-2-4-16(13)17(14)19/h1-6,9-11H,7-8H2/b14-11-. The number of ketones is 1. The minimum atomic E-state index is 0.171. The molecule has 0 radical (unpaired) electrons. The average Bonchev–Trinajstić information content (AvgIpc) is 2.45. The summed E-state index contributed by atoms with van der Waals surface area (Å²) in [6, 6.07) is 15.9. The van der Waals surface area contributed by atoms with Crippen LogP contribution in [-0.4, -0.2) is 5.78 Å². The number of Topliss-reactive ketones (excluding diaryl/α,β-unsaturated/α-hetero) is 1. The van der Waals surface area contributed by atoms with Crippen LogP contribution in [-0.2, 0) is 6.42 Å². The van der Waals surface area contributed by atoms with Gasteiger partial charge in [-0.2, -0.15) is 0 Å². The van der Waals surface area contributed by atoms with Crippen LogP contribution >= 0.6 is 15.9 Å². The van der Waals surface area contributed by atoms with Gasteiger partial charge >= 0.3 is 0 Å². The number of rotatable bonds is 1. The van der Waals surface area contributed by atoms with Crippen molar-refractivity contribution in [2.75, 3.05) is 0 Å². The molecule has 1 aliphatic rings. The first-order chi connectivity index (χ1) is 9.24. The molecule has 2 aromatic carbocycles. The Hall–Kier alpha value is -1.67. The number of carbonyl (C=O) groups excluding carboxylic acids is 1. The average molecular weight is 313 g/mol. The molecule has 0 heterocycles. The van der Waals surface area contributed by atoms with E-state index in [1.165, 1.54) is 5.56 Å². The van der Waals surface area contributed by atoms with Crippen molar-refractivity contribution in [1.29, 1.82) is 0 Å². The molecule has 1 aliphatic carbocycles. The summed E-state index contributed by atoms with van der Waals surface area (Å²) in [4.78, 5) is 12.4. The first-order valence-electron chi connectivity index (χ1n) is 6.33. The van der Waals surface area contributed by atoms with E-state index in [9.17, 15) is 4.79 Å². The molecular formula is C17H13BrO. The highest BCUT2D eigenvalue weighted by molar-refractivity contribution is 9.10. The van der Waals surface area contributed by atoms with Gasteiger partial charge in [0.1, 0.15) is 0 Å². The van der Waals surface area contributed by atoms with Crippen LogP contribution in [0.1, 0.15) is 27.9 Å². The number of benzene rings is 2. The van der Waals surface area contributed by atoms with Crippen molar-refractivity contribution in [2.45, 2.75) is 12.8 Å². The van der Waals surface area contributed by atoms with E-state index in [-0.39, 0.29) is 5.78 Å². The fraction of sp³-hybridized carbons (Fsp3) is 0.118. The molecule has 0 aromatic heterocycles. The molecule has 0 saturated heterocycles. The second kappa shape index (κ2) is 5.14. The van der Waals surface area contributed by atoms with Crippen LogP contribution in [0, 0.1) is 0 Å². The van der Waals surface area contributed by atoms with Crippen LogP contribution in [0.3, 0.4) is 0 Å². The zero-order valence-corrected chi connectivity index (χ0v) is 12.0. The normalized spacial score (nSPS) is 16.5. The van der Waals surface area contributed by atoms with Crippen LogP contribution in [0.4, 0.5) is 0 Å². The maximum Gasteiger partial charge on any atom is 0.189 e. The molecule has 0 atom stereocenters. The van der Waals surface area contributed by atoms with Crippen LogP contribution < -0.4 is 0 Å². The number of hydrogen-bond donors (Lipinski definition) is 0. The van der Waals surface area contributed by atoms with E-state index in [0.29, 0.717) is 0 Å². The van der Waals surface area contributed by atoms with E-state index >= 15 is 0 Å². The molecule has 2 aromatic rings. The number of fused-ring (bicyclic) bond motifs is 1. The van der Waals surface area contributed by atoms with Crippen molar-refractivity contribution in [3.63, 3.8) is 0 Å². The third-order valence-corrected chi connectivity index (χ3v) is 3.96. The summed E-state index contributed by atoms with van der Waals surface area (Å²) >= 11 is 3.42. The molecule has 0 N–H and O–H groups in total. The molecule has 0 unspecified atom stereocenters. The van der Waals surface area contributed by atoms with E-state index in [2.05, 4.69) is 15.9 Å². The van der Waals surface area contributed by atoms with E-state index in [4.69, 9.17) is 0 Å². The van der Waals surface area contributed by atoms with E-state index in [0.717, 1.165) is 34.0 Å². The fourth-order valence-electron chi connectivity index (χ4n) is 2.41. The molecular weight excluding hydrogens is 300 g/mol. The smallest absolute Gasteiger partial charge is 0.189 e. The molecule has 1 nitrogen and oxygen atoms in total. The van der Waals surface area contributed by atoms with E-state index in [1.807, 2.05) is 54.6 Å². The quantitative estimate of drug-likeness (QED) is 0.700. The van der Waals surface area contributed by atoms with Crippen molar-refractivity contribution < 1.29 is 4.79 Å². The Labute approximate surface area is 121 Å². The fourth-order valence-corrected chi connectivity index (χ4v) is 2.68. The van der Waals surface area contributed by atoms with E-state index in [1.54, 1.807) is 0 Å². The lowest BCUT2D eigenvalue weighted by molar-refractivity contribution is 0.102. The molecule has 0 bridgehead atoms. The summed E-state index contributed by atoms with van der Waals surface area (Å²) in [5.41, 5.74) is 4.00. The Morgan fingerprint density at radius 2 is 1.68 bits per heavy atom. The summed E-state index contributed by atoms with van der Waals surface area (Å²) in [7, 11) is 0. The molecule has 2 heteroatoms. The van der Waals surface area contributed by atoms with Crippen LogP contribution in [0.2, 0.25) is 0 Å². The zero-order chi connectivity index (χ0) is 13.2. The van der Waals surface area contributed by atoms with Crippen molar-refractivity contribution >= 4 is 27.8 Å². The van der Waals surface area contributed by atoms with Gasteiger partial charge in [0, 0.05) is 15.6 Å². The second-order valence-electron chi connectivity index (χ2n) is 4.71. The Balaban J connectivity index is 1.96. The lowest BCUT2D eigenvalue weighted by Gasteiger charge is -2.17. The first kappa shape index (κ1) is 12.4. The predicted octanol–water partition coefficient (Wildman–Crippen LogP) is 4.66. The van der Waals surface area contributed by atoms with Gasteiger partial charge in [0.05, 0.1) is 0 Å². The van der Waals surface area contributed by atoms with Crippen molar-refractivity contribution in [3.05, 3.63) is 75.3 Å². The summed E-state index contributed by atoms with van der Waals surface area (Å²) in [5, 5.41) is 0. The number of aryl methyl sites for hydroxylation is 1.